The van der Waals surface area contributed by atoms with Gasteiger partial charge in [-0.25, -0.2) is 4.98 Å². The van der Waals surface area contributed by atoms with Crippen molar-refractivity contribution in [2.24, 2.45) is 0 Å². The number of nitrogens with one attached hydrogen (secondary N) is 2. The summed E-state index contributed by atoms with van der Waals surface area (Å²) in [6.45, 7) is 0.789. The van der Waals surface area contributed by atoms with E-state index in [-0.39, 0.29) is 0 Å². The van der Waals surface area contributed by atoms with E-state index in [1.807, 2.05) is 35.0 Å². The Morgan fingerprint density at radius 3 is 2.96 bits per heavy atom. The Balaban J connectivity index is 1.43. The van der Waals surface area contributed by atoms with Crippen LogP contribution in [0.3, 0.4) is 0 Å². The fourth-order valence-electron chi connectivity index (χ4n) is 3.40. The Kier molecular flexibility index (Phi) is 4.29. The van der Waals surface area contributed by atoms with Crippen molar-refractivity contribution in [3.8, 4) is 11.3 Å². The van der Waals surface area contributed by atoms with Crippen LogP contribution in [0.25, 0.3) is 27.8 Å². The minimum absolute atomic E-state index is 0.789. The van der Waals surface area contributed by atoms with Gasteiger partial charge in [-0.3, -0.25) is 4.98 Å². The maximum Gasteiger partial charge on any atom is 0.157 e. The number of rotatable bonds is 5. The number of aromatic amines is 1. The molecule has 0 atom stereocenters. The Morgan fingerprint density at radius 1 is 1.11 bits per heavy atom. The summed E-state index contributed by atoms with van der Waals surface area (Å²) in [4.78, 5) is 12.3. The zero-order valence-corrected chi connectivity index (χ0v) is 16.5. The van der Waals surface area contributed by atoms with E-state index in [9.17, 15) is 0 Å². The second-order valence-electron chi connectivity index (χ2n) is 6.56. The van der Waals surface area contributed by atoms with Crippen LogP contribution < -0.4 is 5.32 Å². The van der Waals surface area contributed by atoms with Crippen LogP contribution in [0.15, 0.2) is 71.7 Å². The Hall–Kier alpha value is -3.19. The van der Waals surface area contributed by atoms with Gasteiger partial charge in [-0.2, -0.15) is 9.61 Å². The molecule has 0 fully saturated rings. The number of fused-ring (bicyclic) bond motifs is 2. The maximum atomic E-state index is 4.70. The molecule has 0 aliphatic rings. The first kappa shape index (κ1) is 16.9. The van der Waals surface area contributed by atoms with E-state index in [2.05, 4.69) is 60.7 Å². The van der Waals surface area contributed by atoms with Gasteiger partial charge in [0.25, 0.3) is 0 Å². The van der Waals surface area contributed by atoms with Crippen LogP contribution in [0.4, 0.5) is 5.82 Å². The van der Waals surface area contributed by atoms with E-state index in [1.54, 1.807) is 12.4 Å². The van der Waals surface area contributed by atoms with E-state index >= 15 is 0 Å². The summed E-state index contributed by atoms with van der Waals surface area (Å²) in [5, 5.41) is 9.18. The molecule has 0 aliphatic heterocycles. The van der Waals surface area contributed by atoms with E-state index in [0.29, 0.717) is 0 Å². The first-order valence-corrected chi connectivity index (χ1v) is 9.82. The summed E-state index contributed by atoms with van der Waals surface area (Å²) < 4.78 is 2.75. The van der Waals surface area contributed by atoms with E-state index in [4.69, 9.17) is 4.98 Å². The number of halogens is 1. The van der Waals surface area contributed by atoms with Crippen molar-refractivity contribution in [2.75, 3.05) is 11.9 Å². The first-order chi connectivity index (χ1) is 13.8. The van der Waals surface area contributed by atoms with Gasteiger partial charge in [0.2, 0.25) is 0 Å². The third-order valence-corrected chi connectivity index (χ3v) is 5.17. The second-order valence-corrected chi connectivity index (χ2v) is 7.47. The fourth-order valence-corrected chi connectivity index (χ4v) is 3.77. The summed E-state index contributed by atoms with van der Waals surface area (Å²) in [7, 11) is 0. The average Bonchev–Trinajstić information content (AvgIpc) is 3.35. The summed E-state index contributed by atoms with van der Waals surface area (Å²) >= 11 is 3.48. The van der Waals surface area contributed by atoms with Crippen LogP contribution >= 0.6 is 15.9 Å². The van der Waals surface area contributed by atoms with Gasteiger partial charge in [0.15, 0.2) is 5.65 Å². The highest BCUT2D eigenvalue weighted by Crippen LogP contribution is 2.24. The molecule has 0 aliphatic carbocycles. The Labute approximate surface area is 169 Å². The molecule has 4 aromatic heterocycles. The lowest BCUT2D eigenvalue weighted by molar-refractivity contribution is 0.916. The molecule has 0 saturated heterocycles. The molecule has 2 N–H and O–H groups in total. The summed E-state index contributed by atoms with van der Waals surface area (Å²) in [5.74, 6) is 0.907. The van der Waals surface area contributed by atoms with E-state index in [1.165, 1.54) is 16.5 Å². The smallest absolute Gasteiger partial charge is 0.157 e. The van der Waals surface area contributed by atoms with Gasteiger partial charge in [0.05, 0.1) is 11.9 Å². The van der Waals surface area contributed by atoms with Gasteiger partial charge in [0.1, 0.15) is 5.82 Å². The molecule has 7 heteroatoms. The maximum absolute atomic E-state index is 4.70. The number of benzene rings is 1. The third-order valence-electron chi connectivity index (χ3n) is 4.74. The highest BCUT2D eigenvalue weighted by molar-refractivity contribution is 9.10. The molecule has 0 unspecified atom stereocenters. The average molecular weight is 433 g/mol. The number of H-pyrrole nitrogens is 1. The van der Waals surface area contributed by atoms with Gasteiger partial charge < -0.3 is 10.3 Å². The second kappa shape index (κ2) is 7.09. The van der Waals surface area contributed by atoms with Crippen molar-refractivity contribution in [3.63, 3.8) is 0 Å². The molecule has 138 valence electrons. The molecule has 0 spiro atoms. The predicted octanol–water partition coefficient (Wildman–Crippen LogP) is 4.69. The summed E-state index contributed by atoms with van der Waals surface area (Å²) in [6.07, 6.45) is 8.33. The van der Waals surface area contributed by atoms with Crippen molar-refractivity contribution in [1.82, 2.24) is 24.6 Å². The van der Waals surface area contributed by atoms with Crippen LogP contribution in [-0.4, -0.2) is 31.1 Å². The molecule has 0 amide bonds. The highest BCUT2D eigenvalue weighted by Gasteiger charge is 2.09. The largest absolute Gasteiger partial charge is 0.370 e. The van der Waals surface area contributed by atoms with Crippen LogP contribution in [0, 0.1) is 0 Å². The summed E-state index contributed by atoms with van der Waals surface area (Å²) in [5.41, 5.74) is 5.08. The lowest BCUT2D eigenvalue weighted by Gasteiger charge is -2.10. The third kappa shape index (κ3) is 3.14. The Morgan fingerprint density at radius 2 is 2.04 bits per heavy atom. The van der Waals surface area contributed by atoms with E-state index < -0.39 is 0 Å². The molecule has 0 radical (unpaired) electrons. The lowest BCUT2D eigenvalue weighted by atomic mass is 10.1. The monoisotopic (exact) mass is 432 g/mol. The van der Waals surface area contributed by atoms with Crippen LogP contribution in [0.1, 0.15) is 5.56 Å². The molecule has 0 saturated carbocycles. The molecule has 0 bridgehead atoms. The van der Waals surface area contributed by atoms with Crippen LogP contribution in [-0.2, 0) is 6.42 Å². The van der Waals surface area contributed by atoms with Crippen molar-refractivity contribution in [3.05, 3.63) is 77.3 Å². The topological polar surface area (TPSA) is 70.9 Å². The number of para-hydroxylation sites is 1. The van der Waals surface area contributed by atoms with Crippen LogP contribution in [0.5, 0.6) is 0 Å². The number of hydrogen-bond donors (Lipinski definition) is 2. The van der Waals surface area contributed by atoms with Gasteiger partial charge >= 0.3 is 0 Å². The van der Waals surface area contributed by atoms with E-state index in [0.717, 1.165) is 40.2 Å². The van der Waals surface area contributed by atoms with Crippen molar-refractivity contribution in [1.29, 1.82) is 0 Å². The molecular formula is C21H17BrN6. The fraction of sp³-hybridized carbons (Fsp3) is 0.0952. The van der Waals surface area contributed by atoms with Crippen LogP contribution in [0.2, 0.25) is 0 Å². The van der Waals surface area contributed by atoms with Gasteiger partial charge in [0, 0.05) is 58.2 Å². The SMILES string of the molecule is Brc1cncc(-c2cc(NCCc3c[nH]c4ccccc34)n3nccc3n2)c1. The number of anilines is 1. The molecule has 4 heterocycles. The normalized spacial score (nSPS) is 11.3. The van der Waals surface area contributed by atoms with Gasteiger partial charge in [-0.1, -0.05) is 18.2 Å². The van der Waals surface area contributed by atoms with Gasteiger partial charge in [-0.15, -0.1) is 0 Å². The summed E-state index contributed by atoms with van der Waals surface area (Å²) in [6, 6.07) is 14.3. The van der Waals surface area contributed by atoms with Crippen molar-refractivity contribution in [2.45, 2.75) is 6.42 Å². The number of aromatic nitrogens is 5. The van der Waals surface area contributed by atoms with Crippen molar-refractivity contribution < 1.29 is 0 Å². The predicted molar refractivity (Wildman–Crippen MR) is 114 cm³/mol. The molecule has 5 rings (SSSR count). The Bertz CT molecular complexity index is 1270. The molecular weight excluding hydrogens is 416 g/mol. The molecule has 1 aromatic carbocycles. The molecule has 6 nitrogen and oxygen atoms in total. The molecule has 28 heavy (non-hydrogen) atoms. The number of hydrogen-bond acceptors (Lipinski definition) is 4. The quantitative estimate of drug-likeness (QED) is 0.422. The zero-order chi connectivity index (χ0) is 18.9. The lowest BCUT2D eigenvalue weighted by Crippen LogP contribution is -2.10. The highest BCUT2D eigenvalue weighted by atomic mass is 79.9. The molecule has 5 aromatic rings. The van der Waals surface area contributed by atoms with Crippen molar-refractivity contribution >= 4 is 38.3 Å². The first-order valence-electron chi connectivity index (χ1n) is 9.02. The zero-order valence-electron chi connectivity index (χ0n) is 14.9. The standard InChI is InChI=1S/C21H17BrN6/c22-16-9-15(11-23-13-16)19-10-21(28-20(27-19)6-8-26-28)24-7-5-14-12-25-18-4-2-1-3-17(14)18/h1-4,6,8-13,24-25H,5,7H2. The minimum atomic E-state index is 0.789. The minimum Gasteiger partial charge on any atom is -0.370 e. The number of nitrogens with zero attached hydrogens (tertiary/aromatic N) is 4. The number of pyridine rings is 1. The van der Waals surface area contributed by atoms with Gasteiger partial charge in [-0.05, 0) is 40.0 Å².